The first-order chi connectivity index (χ1) is 6.27. The molecule has 1 N–H and O–H groups in total. The van der Waals surface area contributed by atoms with Gasteiger partial charge in [0, 0.05) is 7.05 Å². The molecule has 0 saturated carbocycles. The largest absolute Gasteiger partial charge is 0.249 e. The molecule has 0 aliphatic rings. The molecule has 2 heterocycles. The molecular formula is C3H4N8S2. The first-order valence-corrected chi connectivity index (χ1v) is 4.36. The number of nitrogens with zero attached hydrogens (tertiary/aromatic N) is 7. The molecule has 0 bridgehead atoms. The van der Waals surface area contributed by atoms with E-state index in [2.05, 4.69) is 31.1 Å². The number of rotatable bonds is 2. The first-order valence-electron chi connectivity index (χ1n) is 3.18. The summed E-state index contributed by atoms with van der Waals surface area (Å²) in [6.07, 6.45) is 0. The lowest BCUT2D eigenvalue weighted by atomic mass is 11.2. The topological polar surface area (TPSA) is 90.1 Å². The Kier molecular flexibility index (Phi) is 2.06. The average molecular weight is 216 g/mol. The molecule has 0 spiro atoms. The summed E-state index contributed by atoms with van der Waals surface area (Å²) >= 11 is 6.07. The van der Waals surface area contributed by atoms with Crippen molar-refractivity contribution in [1.29, 1.82) is 0 Å². The second-order valence-corrected chi connectivity index (χ2v) is 3.33. The summed E-state index contributed by atoms with van der Waals surface area (Å²) in [5.41, 5.74) is 0. The van der Waals surface area contributed by atoms with Gasteiger partial charge >= 0.3 is 0 Å². The van der Waals surface area contributed by atoms with Gasteiger partial charge in [0.15, 0.2) is 0 Å². The zero-order valence-corrected chi connectivity index (χ0v) is 8.08. The zero-order chi connectivity index (χ0) is 9.26. The van der Waals surface area contributed by atoms with Crippen molar-refractivity contribution in [3.05, 3.63) is 4.77 Å². The van der Waals surface area contributed by atoms with Gasteiger partial charge in [0.2, 0.25) is 9.93 Å². The molecule has 13 heavy (non-hydrogen) atoms. The third-order valence-electron chi connectivity index (χ3n) is 1.20. The minimum atomic E-state index is 0.341. The molecule has 0 atom stereocenters. The van der Waals surface area contributed by atoms with Crippen molar-refractivity contribution in [2.45, 2.75) is 5.16 Å². The van der Waals surface area contributed by atoms with Crippen LogP contribution in [-0.4, -0.2) is 39.8 Å². The molecule has 10 heteroatoms. The fourth-order valence-electron chi connectivity index (χ4n) is 0.629. The van der Waals surface area contributed by atoms with E-state index in [1.54, 1.807) is 7.05 Å². The van der Waals surface area contributed by atoms with Crippen LogP contribution in [0, 0.1) is 4.77 Å². The summed E-state index contributed by atoms with van der Waals surface area (Å²) in [4.78, 5) is 0. The molecule has 2 rings (SSSR count). The molecule has 68 valence electrons. The molecule has 0 saturated heterocycles. The third kappa shape index (κ3) is 1.58. The van der Waals surface area contributed by atoms with Crippen LogP contribution < -0.4 is 0 Å². The summed E-state index contributed by atoms with van der Waals surface area (Å²) in [6.45, 7) is 0. The van der Waals surface area contributed by atoms with E-state index in [0.717, 1.165) is 0 Å². The van der Waals surface area contributed by atoms with Gasteiger partial charge in [0.05, 0.1) is 11.9 Å². The fourth-order valence-corrected chi connectivity index (χ4v) is 1.41. The lowest BCUT2D eigenvalue weighted by Crippen LogP contribution is -1.97. The van der Waals surface area contributed by atoms with Gasteiger partial charge in [-0.2, -0.15) is 9.30 Å². The summed E-state index contributed by atoms with van der Waals surface area (Å²) in [5.74, 6) is 0. The standard InChI is InChI=1S/C3H4N8S2/c1-10-3(5-7-8-10)13-11-2(12)4-6-9-11/h1H3,(H,4,9,12). The first kappa shape index (κ1) is 8.31. The molecule has 8 nitrogen and oxygen atoms in total. The maximum atomic E-state index is 4.86. The van der Waals surface area contributed by atoms with Crippen molar-refractivity contribution in [1.82, 2.24) is 39.8 Å². The maximum Gasteiger partial charge on any atom is 0.249 e. The predicted octanol–water partition coefficient (Wildman–Crippen LogP) is -0.585. The minimum absolute atomic E-state index is 0.341. The number of nitrogens with one attached hydrogen (secondary N) is 1. The summed E-state index contributed by atoms with van der Waals surface area (Å²) < 4.78 is 3.35. The third-order valence-corrected chi connectivity index (χ3v) is 2.53. The van der Waals surface area contributed by atoms with Gasteiger partial charge in [0.25, 0.3) is 0 Å². The van der Waals surface area contributed by atoms with E-state index < -0.39 is 0 Å². The number of aromatic amines is 1. The van der Waals surface area contributed by atoms with E-state index in [1.165, 1.54) is 20.7 Å². The lowest BCUT2D eigenvalue weighted by Gasteiger charge is -1.95. The Labute approximate surface area is 81.4 Å². The van der Waals surface area contributed by atoms with Crippen LogP contribution in [0.3, 0.4) is 0 Å². The van der Waals surface area contributed by atoms with E-state index in [9.17, 15) is 0 Å². The van der Waals surface area contributed by atoms with Crippen molar-refractivity contribution >= 4 is 24.2 Å². The highest BCUT2D eigenvalue weighted by Crippen LogP contribution is 2.12. The van der Waals surface area contributed by atoms with E-state index >= 15 is 0 Å². The molecule has 0 fully saturated rings. The molecular weight excluding hydrogens is 212 g/mol. The van der Waals surface area contributed by atoms with Gasteiger partial charge in [-0.3, -0.25) is 0 Å². The minimum Gasteiger partial charge on any atom is -0.222 e. The molecule has 2 aromatic heterocycles. The summed E-state index contributed by atoms with van der Waals surface area (Å²) in [7, 11) is 1.73. The average Bonchev–Trinajstić information content (AvgIpc) is 2.65. The molecule has 0 unspecified atom stereocenters. The van der Waals surface area contributed by atoms with Crippen LogP contribution in [0.2, 0.25) is 0 Å². The Bertz CT molecular complexity index is 452. The summed E-state index contributed by atoms with van der Waals surface area (Å²) in [6, 6.07) is 0. The molecule has 2 aromatic rings. The Hall–Kier alpha value is -1.29. The van der Waals surface area contributed by atoms with Crippen LogP contribution in [0.25, 0.3) is 0 Å². The highest BCUT2D eigenvalue weighted by molar-refractivity contribution is 7.97. The van der Waals surface area contributed by atoms with Crippen LogP contribution in [0.5, 0.6) is 0 Å². The van der Waals surface area contributed by atoms with Gasteiger partial charge in [-0.05, 0) is 27.9 Å². The van der Waals surface area contributed by atoms with E-state index in [1.807, 2.05) is 0 Å². The van der Waals surface area contributed by atoms with Gasteiger partial charge < -0.3 is 0 Å². The van der Waals surface area contributed by atoms with E-state index in [0.29, 0.717) is 9.93 Å². The smallest absolute Gasteiger partial charge is 0.222 e. The second-order valence-electron chi connectivity index (χ2n) is 2.05. The van der Waals surface area contributed by atoms with Crippen LogP contribution in [0.1, 0.15) is 0 Å². The predicted molar refractivity (Wildman–Crippen MR) is 45.3 cm³/mol. The quantitative estimate of drug-likeness (QED) is 0.671. The zero-order valence-electron chi connectivity index (χ0n) is 6.45. The second kappa shape index (κ2) is 3.22. The Morgan fingerprint density at radius 1 is 1.46 bits per heavy atom. The molecule has 0 amide bonds. The number of hydrogen-bond donors (Lipinski definition) is 1. The monoisotopic (exact) mass is 216 g/mol. The molecule has 0 aromatic carbocycles. The van der Waals surface area contributed by atoms with Crippen LogP contribution in [-0.2, 0) is 7.05 Å². The number of aromatic nitrogens is 8. The number of hydrogen-bond acceptors (Lipinski definition) is 7. The van der Waals surface area contributed by atoms with Gasteiger partial charge in [0.1, 0.15) is 0 Å². The molecule has 0 aliphatic carbocycles. The van der Waals surface area contributed by atoms with Crippen LogP contribution in [0.15, 0.2) is 5.16 Å². The number of aryl methyl sites for hydroxylation is 1. The van der Waals surface area contributed by atoms with Crippen molar-refractivity contribution in [2.75, 3.05) is 0 Å². The summed E-state index contributed by atoms with van der Waals surface area (Å²) in [5, 5.41) is 21.2. The van der Waals surface area contributed by atoms with Crippen molar-refractivity contribution in [3.8, 4) is 0 Å². The van der Waals surface area contributed by atoms with E-state index in [4.69, 9.17) is 12.2 Å². The van der Waals surface area contributed by atoms with Crippen LogP contribution >= 0.6 is 24.2 Å². The van der Waals surface area contributed by atoms with Crippen molar-refractivity contribution in [2.24, 2.45) is 7.05 Å². The Morgan fingerprint density at radius 3 is 2.85 bits per heavy atom. The van der Waals surface area contributed by atoms with E-state index in [-0.39, 0.29) is 0 Å². The number of H-pyrrole nitrogens is 1. The van der Waals surface area contributed by atoms with Gasteiger partial charge in [-0.1, -0.05) is 10.2 Å². The number of tetrazole rings is 2. The van der Waals surface area contributed by atoms with Crippen molar-refractivity contribution in [3.63, 3.8) is 0 Å². The van der Waals surface area contributed by atoms with Crippen LogP contribution in [0.4, 0.5) is 0 Å². The Morgan fingerprint density at radius 2 is 2.31 bits per heavy atom. The van der Waals surface area contributed by atoms with Crippen molar-refractivity contribution < 1.29 is 0 Å². The lowest BCUT2D eigenvalue weighted by molar-refractivity contribution is 0.662. The fraction of sp³-hybridized carbons (Fsp3) is 0.333. The van der Waals surface area contributed by atoms with Gasteiger partial charge in [-0.25, -0.2) is 4.68 Å². The molecule has 0 radical (unpaired) electrons. The SMILES string of the molecule is Cn1nnnc1Sn1[nH]nnc1=S. The Balaban J connectivity index is 2.29. The maximum absolute atomic E-state index is 4.86. The highest BCUT2D eigenvalue weighted by Gasteiger charge is 2.05. The molecule has 0 aliphatic heterocycles. The van der Waals surface area contributed by atoms with Gasteiger partial charge in [-0.15, -0.1) is 0 Å². The highest BCUT2D eigenvalue weighted by atomic mass is 32.2. The normalized spacial score (nSPS) is 10.5.